The fraction of sp³-hybridized carbons (Fsp3) is 0.267. The van der Waals surface area contributed by atoms with Crippen LogP contribution in [0.2, 0.25) is 0 Å². The van der Waals surface area contributed by atoms with Gasteiger partial charge >= 0.3 is 0 Å². The normalized spacial score (nSPS) is 14.1. The number of aromatic nitrogens is 1. The molecule has 4 heteroatoms. The predicted molar refractivity (Wildman–Crippen MR) is 72.0 cm³/mol. The van der Waals surface area contributed by atoms with Crippen molar-refractivity contribution in [3.63, 3.8) is 0 Å². The Morgan fingerprint density at radius 1 is 1.11 bits per heavy atom. The summed E-state index contributed by atoms with van der Waals surface area (Å²) < 4.78 is 13.5. The van der Waals surface area contributed by atoms with Crippen molar-refractivity contribution in [3.8, 4) is 0 Å². The van der Waals surface area contributed by atoms with Crippen molar-refractivity contribution in [1.82, 2.24) is 4.98 Å². The Bertz CT molecular complexity index is 519. The highest BCUT2D eigenvalue weighted by molar-refractivity contribution is 5.19. The molecule has 0 aliphatic heterocycles. The Labute approximate surface area is 111 Å². The molecule has 3 nitrogen and oxygen atoms in total. The van der Waals surface area contributed by atoms with Gasteiger partial charge in [0.2, 0.25) is 0 Å². The van der Waals surface area contributed by atoms with Gasteiger partial charge in [0.25, 0.3) is 0 Å². The van der Waals surface area contributed by atoms with Crippen LogP contribution in [0.1, 0.15) is 11.3 Å². The number of benzene rings is 1. The maximum Gasteiger partial charge on any atom is 0.126 e. The van der Waals surface area contributed by atoms with E-state index < -0.39 is 12.1 Å². The molecule has 1 heterocycles. The molecule has 0 bridgehead atoms. The summed E-state index contributed by atoms with van der Waals surface area (Å²) in [6.45, 7) is 0. The predicted octanol–water partition coefficient (Wildman–Crippen LogP) is 1.69. The number of hydrogen-bond acceptors (Lipinski definition) is 3. The van der Waals surface area contributed by atoms with Crippen LogP contribution >= 0.6 is 0 Å². The molecule has 0 saturated heterocycles. The molecule has 0 amide bonds. The number of nitrogens with two attached hydrogens (primary N) is 1. The van der Waals surface area contributed by atoms with E-state index in [1.54, 1.807) is 24.4 Å². The summed E-state index contributed by atoms with van der Waals surface area (Å²) in [6.07, 6.45) is 1.61. The second-order valence-electron chi connectivity index (χ2n) is 4.55. The molecule has 100 valence electrons. The largest absolute Gasteiger partial charge is 0.391 e. The first-order valence-corrected chi connectivity index (χ1v) is 6.24. The monoisotopic (exact) mass is 260 g/mol. The molecule has 0 aliphatic rings. The zero-order valence-electron chi connectivity index (χ0n) is 10.5. The van der Waals surface area contributed by atoms with E-state index in [0.717, 1.165) is 5.69 Å². The molecular formula is C15H17FN2O. The molecule has 1 aromatic carbocycles. The average molecular weight is 260 g/mol. The fourth-order valence-electron chi connectivity index (χ4n) is 1.94. The Hall–Kier alpha value is -1.78. The molecule has 0 fully saturated rings. The maximum absolute atomic E-state index is 13.5. The van der Waals surface area contributed by atoms with Gasteiger partial charge in [-0.05, 0) is 30.2 Å². The summed E-state index contributed by atoms with van der Waals surface area (Å²) >= 11 is 0. The maximum atomic E-state index is 13.5. The average Bonchev–Trinajstić information content (AvgIpc) is 2.42. The highest BCUT2D eigenvalue weighted by atomic mass is 19.1. The minimum Gasteiger partial charge on any atom is -0.391 e. The van der Waals surface area contributed by atoms with Crippen molar-refractivity contribution in [2.45, 2.75) is 25.0 Å². The van der Waals surface area contributed by atoms with Crippen molar-refractivity contribution in [2.75, 3.05) is 0 Å². The molecule has 0 radical (unpaired) electrons. The van der Waals surface area contributed by atoms with Gasteiger partial charge in [0.15, 0.2) is 0 Å². The first-order valence-electron chi connectivity index (χ1n) is 6.24. The minimum absolute atomic E-state index is 0.289. The van der Waals surface area contributed by atoms with Crippen molar-refractivity contribution < 1.29 is 9.50 Å². The van der Waals surface area contributed by atoms with Gasteiger partial charge in [-0.2, -0.15) is 0 Å². The van der Waals surface area contributed by atoms with Gasteiger partial charge in [-0.1, -0.05) is 24.3 Å². The van der Waals surface area contributed by atoms with E-state index in [4.69, 9.17) is 5.73 Å². The van der Waals surface area contributed by atoms with E-state index in [-0.39, 0.29) is 5.82 Å². The summed E-state index contributed by atoms with van der Waals surface area (Å²) in [5, 5.41) is 10.0. The number of aliphatic hydroxyl groups is 1. The van der Waals surface area contributed by atoms with Crippen LogP contribution in [0.15, 0.2) is 48.7 Å². The first-order chi connectivity index (χ1) is 9.16. The van der Waals surface area contributed by atoms with Gasteiger partial charge in [-0.25, -0.2) is 4.39 Å². The van der Waals surface area contributed by atoms with Crippen LogP contribution in [0, 0.1) is 5.82 Å². The molecule has 3 N–H and O–H groups in total. The summed E-state index contributed by atoms with van der Waals surface area (Å²) in [5.41, 5.74) is 7.22. The minimum atomic E-state index is -0.741. The molecular weight excluding hydrogens is 243 g/mol. The number of nitrogens with zero attached hydrogens (tertiary/aromatic N) is 1. The van der Waals surface area contributed by atoms with Crippen molar-refractivity contribution in [1.29, 1.82) is 0 Å². The molecule has 2 aromatic rings. The van der Waals surface area contributed by atoms with Gasteiger partial charge in [0.05, 0.1) is 6.10 Å². The Morgan fingerprint density at radius 3 is 2.53 bits per heavy atom. The van der Waals surface area contributed by atoms with Crippen molar-refractivity contribution in [3.05, 3.63) is 65.7 Å². The van der Waals surface area contributed by atoms with Gasteiger partial charge in [0.1, 0.15) is 5.82 Å². The number of hydrogen-bond donors (Lipinski definition) is 2. The quantitative estimate of drug-likeness (QED) is 0.860. The Kier molecular flexibility index (Phi) is 4.60. The van der Waals surface area contributed by atoms with Crippen LogP contribution < -0.4 is 5.73 Å². The topological polar surface area (TPSA) is 59.1 Å². The number of aliphatic hydroxyl groups excluding tert-OH is 1. The molecule has 0 unspecified atom stereocenters. The lowest BCUT2D eigenvalue weighted by Crippen LogP contribution is -2.38. The Morgan fingerprint density at radius 2 is 1.84 bits per heavy atom. The van der Waals surface area contributed by atoms with E-state index >= 15 is 0 Å². The molecule has 2 rings (SSSR count). The summed E-state index contributed by atoms with van der Waals surface area (Å²) in [5.74, 6) is -0.289. The summed E-state index contributed by atoms with van der Waals surface area (Å²) in [6, 6.07) is 11.5. The van der Waals surface area contributed by atoms with Gasteiger partial charge in [0, 0.05) is 24.4 Å². The van der Waals surface area contributed by atoms with E-state index in [1.807, 2.05) is 18.2 Å². The van der Waals surface area contributed by atoms with Crippen LogP contribution in [-0.4, -0.2) is 22.2 Å². The molecule has 0 spiro atoms. The third kappa shape index (κ3) is 3.84. The number of halogens is 1. The molecule has 19 heavy (non-hydrogen) atoms. The lowest BCUT2D eigenvalue weighted by molar-refractivity contribution is 0.143. The standard InChI is InChI=1S/C15H17FN2O/c16-13-7-2-1-5-11(13)9-14(17)15(19)10-12-6-3-4-8-18-12/h1-8,14-15,19H,9-10,17H2/t14-,15+/m1/s1. The molecule has 0 saturated carbocycles. The third-order valence-corrected chi connectivity index (χ3v) is 3.05. The zero-order valence-corrected chi connectivity index (χ0v) is 10.5. The van der Waals surface area contributed by atoms with Crippen LogP contribution in [-0.2, 0) is 12.8 Å². The summed E-state index contributed by atoms with van der Waals surface area (Å²) in [7, 11) is 0. The van der Waals surface area contributed by atoms with E-state index in [0.29, 0.717) is 18.4 Å². The van der Waals surface area contributed by atoms with E-state index in [1.165, 1.54) is 6.07 Å². The molecule has 1 aromatic heterocycles. The highest BCUT2D eigenvalue weighted by Crippen LogP contribution is 2.11. The van der Waals surface area contributed by atoms with E-state index in [9.17, 15) is 9.50 Å². The zero-order chi connectivity index (χ0) is 13.7. The van der Waals surface area contributed by atoms with Crippen LogP contribution in [0.3, 0.4) is 0 Å². The van der Waals surface area contributed by atoms with Gasteiger partial charge in [-0.15, -0.1) is 0 Å². The highest BCUT2D eigenvalue weighted by Gasteiger charge is 2.17. The number of pyridine rings is 1. The van der Waals surface area contributed by atoms with Crippen LogP contribution in [0.5, 0.6) is 0 Å². The first kappa shape index (κ1) is 13.6. The Balaban J connectivity index is 1.96. The van der Waals surface area contributed by atoms with Crippen LogP contribution in [0.4, 0.5) is 4.39 Å². The molecule has 0 aliphatic carbocycles. The second-order valence-corrected chi connectivity index (χ2v) is 4.55. The lowest BCUT2D eigenvalue weighted by Gasteiger charge is -2.18. The van der Waals surface area contributed by atoms with Crippen molar-refractivity contribution >= 4 is 0 Å². The van der Waals surface area contributed by atoms with Crippen molar-refractivity contribution in [2.24, 2.45) is 5.73 Å². The second kappa shape index (κ2) is 6.41. The lowest BCUT2D eigenvalue weighted by atomic mass is 9.98. The fourth-order valence-corrected chi connectivity index (χ4v) is 1.94. The van der Waals surface area contributed by atoms with Gasteiger partial charge < -0.3 is 10.8 Å². The third-order valence-electron chi connectivity index (χ3n) is 3.05. The summed E-state index contributed by atoms with van der Waals surface area (Å²) in [4.78, 5) is 4.14. The number of rotatable bonds is 5. The smallest absolute Gasteiger partial charge is 0.126 e. The SMILES string of the molecule is N[C@H](Cc1ccccc1F)[C@@H](O)Cc1ccccn1. The van der Waals surface area contributed by atoms with Crippen LogP contribution in [0.25, 0.3) is 0 Å². The van der Waals surface area contributed by atoms with E-state index in [2.05, 4.69) is 4.98 Å². The molecule has 2 atom stereocenters. The van der Waals surface area contributed by atoms with Gasteiger partial charge in [-0.3, -0.25) is 4.98 Å².